The Labute approximate surface area is 177 Å². The number of likely N-dealkylation sites (N-methyl/N-ethyl adjacent to an activating group) is 1. The molecule has 158 valence electrons. The molecule has 0 spiro atoms. The summed E-state index contributed by atoms with van der Waals surface area (Å²) in [7, 11) is 0. The SMILES string of the molecule is CCOc1ccc(NC2=C(c3ccc(C)cc3C)C(=O)N(CC)C2=O)cc1OCC. The van der Waals surface area contributed by atoms with Crippen LogP contribution in [0.15, 0.2) is 42.1 Å². The summed E-state index contributed by atoms with van der Waals surface area (Å²) in [5.74, 6) is 0.608. The number of hydrogen-bond acceptors (Lipinski definition) is 5. The van der Waals surface area contributed by atoms with Crippen molar-refractivity contribution in [1.29, 1.82) is 0 Å². The third-order valence-corrected chi connectivity index (χ3v) is 4.95. The molecule has 0 aromatic heterocycles. The van der Waals surface area contributed by atoms with E-state index in [9.17, 15) is 9.59 Å². The van der Waals surface area contributed by atoms with E-state index in [1.54, 1.807) is 19.1 Å². The van der Waals surface area contributed by atoms with E-state index in [0.717, 1.165) is 16.7 Å². The van der Waals surface area contributed by atoms with Gasteiger partial charge in [-0.3, -0.25) is 14.5 Å². The third kappa shape index (κ3) is 4.03. The monoisotopic (exact) mass is 408 g/mol. The van der Waals surface area contributed by atoms with Crippen LogP contribution in [0.3, 0.4) is 0 Å². The Morgan fingerprint density at radius 2 is 1.57 bits per heavy atom. The molecule has 0 fully saturated rings. The second-order valence-corrected chi connectivity index (χ2v) is 7.08. The summed E-state index contributed by atoms with van der Waals surface area (Å²) in [5, 5.41) is 3.18. The fourth-order valence-electron chi connectivity index (χ4n) is 3.60. The lowest BCUT2D eigenvalue weighted by atomic mass is 9.97. The van der Waals surface area contributed by atoms with Crippen LogP contribution < -0.4 is 14.8 Å². The first-order chi connectivity index (χ1) is 14.4. The molecule has 30 heavy (non-hydrogen) atoms. The fourth-order valence-corrected chi connectivity index (χ4v) is 3.60. The number of nitrogens with zero attached hydrogens (tertiary/aromatic N) is 1. The molecule has 0 bridgehead atoms. The summed E-state index contributed by atoms with van der Waals surface area (Å²) in [6, 6.07) is 11.3. The van der Waals surface area contributed by atoms with Crippen LogP contribution in [0.1, 0.15) is 37.5 Å². The predicted octanol–water partition coefficient (Wildman–Crippen LogP) is 4.31. The second-order valence-electron chi connectivity index (χ2n) is 7.08. The minimum Gasteiger partial charge on any atom is -0.490 e. The first kappa shape index (κ1) is 21.4. The zero-order chi connectivity index (χ0) is 21.8. The summed E-state index contributed by atoms with van der Waals surface area (Å²) in [6.45, 7) is 10.9. The van der Waals surface area contributed by atoms with Crippen molar-refractivity contribution in [3.05, 3.63) is 58.8 Å². The Morgan fingerprint density at radius 3 is 2.20 bits per heavy atom. The molecular formula is C24H28N2O4. The lowest BCUT2D eigenvalue weighted by Crippen LogP contribution is -2.32. The maximum atomic E-state index is 13.1. The van der Waals surface area contributed by atoms with Crippen LogP contribution in [-0.4, -0.2) is 36.5 Å². The lowest BCUT2D eigenvalue weighted by molar-refractivity contribution is -0.136. The largest absolute Gasteiger partial charge is 0.490 e. The smallest absolute Gasteiger partial charge is 0.278 e. The van der Waals surface area contributed by atoms with Gasteiger partial charge >= 0.3 is 0 Å². The maximum absolute atomic E-state index is 13.1. The first-order valence-electron chi connectivity index (χ1n) is 10.3. The third-order valence-electron chi connectivity index (χ3n) is 4.95. The highest BCUT2D eigenvalue weighted by molar-refractivity contribution is 6.36. The topological polar surface area (TPSA) is 67.9 Å². The van der Waals surface area contributed by atoms with Gasteiger partial charge in [0.15, 0.2) is 11.5 Å². The van der Waals surface area contributed by atoms with Gasteiger partial charge in [0.1, 0.15) is 5.70 Å². The number of hydrogen-bond donors (Lipinski definition) is 1. The minimum absolute atomic E-state index is 0.278. The van der Waals surface area contributed by atoms with Crippen molar-refractivity contribution in [2.24, 2.45) is 0 Å². The van der Waals surface area contributed by atoms with Gasteiger partial charge in [-0.25, -0.2) is 0 Å². The number of aryl methyl sites for hydroxylation is 2. The molecule has 1 aliphatic heterocycles. The molecule has 2 amide bonds. The summed E-state index contributed by atoms with van der Waals surface area (Å²) in [6.07, 6.45) is 0. The molecule has 3 rings (SSSR count). The van der Waals surface area contributed by atoms with E-state index in [4.69, 9.17) is 9.47 Å². The van der Waals surface area contributed by atoms with Gasteiger partial charge in [0.2, 0.25) is 0 Å². The number of carbonyl (C=O) groups excluding carboxylic acids is 2. The van der Waals surface area contributed by atoms with Crippen LogP contribution in [0.2, 0.25) is 0 Å². The molecule has 0 unspecified atom stereocenters. The standard InChI is InChI=1S/C24H28N2O4/c1-6-26-23(27)21(18-11-9-15(4)13-16(18)5)22(24(26)28)25-17-10-12-19(29-7-2)20(14-17)30-8-3/h9-14,25H,6-8H2,1-5H3. The van der Waals surface area contributed by atoms with Crippen LogP contribution in [0.25, 0.3) is 5.57 Å². The van der Waals surface area contributed by atoms with E-state index in [2.05, 4.69) is 5.32 Å². The molecule has 1 aliphatic rings. The summed E-state index contributed by atoms with van der Waals surface area (Å²) in [5.41, 5.74) is 4.13. The molecule has 1 heterocycles. The van der Waals surface area contributed by atoms with Gasteiger partial charge in [-0.15, -0.1) is 0 Å². The number of imide groups is 1. The highest BCUT2D eigenvalue weighted by Gasteiger charge is 2.38. The van der Waals surface area contributed by atoms with Crippen molar-refractivity contribution in [2.75, 3.05) is 25.1 Å². The Balaban J connectivity index is 2.08. The lowest BCUT2D eigenvalue weighted by Gasteiger charge is -2.15. The Hall–Kier alpha value is -3.28. The summed E-state index contributed by atoms with van der Waals surface area (Å²) < 4.78 is 11.3. The molecule has 6 heteroatoms. The normalized spacial score (nSPS) is 13.8. The van der Waals surface area contributed by atoms with Gasteiger partial charge in [-0.1, -0.05) is 23.8 Å². The van der Waals surface area contributed by atoms with Gasteiger partial charge in [0.05, 0.1) is 18.8 Å². The van der Waals surface area contributed by atoms with E-state index in [-0.39, 0.29) is 17.5 Å². The number of rotatable bonds is 8. The quantitative estimate of drug-likeness (QED) is 0.659. The Morgan fingerprint density at radius 1 is 0.867 bits per heavy atom. The summed E-state index contributed by atoms with van der Waals surface area (Å²) in [4.78, 5) is 27.3. The molecule has 0 saturated carbocycles. The van der Waals surface area contributed by atoms with Crippen LogP contribution in [0.5, 0.6) is 11.5 Å². The van der Waals surface area contributed by atoms with Gasteiger partial charge in [0.25, 0.3) is 11.8 Å². The molecule has 0 aliphatic carbocycles. The van der Waals surface area contributed by atoms with E-state index in [1.165, 1.54) is 4.90 Å². The number of amides is 2. The fraction of sp³-hybridized carbons (Fsp3) is 0.333. The minimum atomic E-state index is -0.329. The van der Waals surface area contributed by atoms with Gasteiger partial charge < -0.3 is 14.8 Å². The second kappa shape index (κ2) is 9.03. The molecular weight excluding hydrogens is 380 g/mol. The highest BCUT2D eigenvalue weighted by atomic mass is 16.5. The zero-order valence-electron chi connectivity index (χ0n) is 18.2. The van der Waals surface area contributed by atoms with Crippen molar-refractivity contribution >= 4 is 23.1 Å². The molecule has 0 atom stereocenters. The van der Waals surface area contributed by atoms with Crippen molar-refractivity contribution < 1.29 is 19.1 Å². The molecule has 0 radical (unpaired) electrons. The molecule has 0 saturated heterocycles. The van der Waals surface area contributed by atoms with Gasteiger partial charge in [-0.2, -0.15) is 0 Å². The van der Waals surface area contributed by atoms with Crippen LogP contribution in [-0.2, 0) is 9.59 Å². The Bertz CT molecular complexity index is 1010. The first-order valence-corrected chi connectivity index (χ1v) is 10.3. The van der Waals surface area contributed by atoms with Crippen LogP contribution in [0, 0.1) is 13.8 Å². The van der Waals surface area contributed by atoms with Gasteiger partial charge in [-0.05, 0) is 57.9 Å². The summed E-state index contributed by atoms with van der Waals surface area (Å²) >= 11 is 0. The molecule has 6 nitrogen and oxygen atoms in total. The van der Waals surface area contributed by atoms with E-state index in [0.29, 0.717) is 42.5 Å². The number of carbonyl (C=O) groups is 2. The van der Waals surface area contributed by atoms with E-state index in [1.807, 2.05) is 52.0 Å². The highest BCUT2D eigenvalue weighted by Crippen LogP contribution is 2.35. The molecule has 2 aromatic rings. The number of nitrogens with one attached hydrogen (secondary N) is 1. The molecule has 1 N–H and O–H groups in total. The average molecular weight is 408 g/mol. The average Bonchev–Trinajstić information content (AvgIpc) is 2.94. The van der Waals surface area contributed by atoms with E-state index >= 15 is 0 Å². The van der Waals surface area contributed by atoms with Crippen molar-refractivity contribution in [2.45, 2.75) is 34.6 Å². The molecule has 2 aromatic carbocycles. The number of benzene rings is 2. The van der Waals surface area contributed by atoms with Crippen LogP contribution in [0.4, 0.5) is 5.69 Å². The number of anilines is 1. The Kier molecular flexibility index (Phi) is 6.45. The predicted molar refractivity (Wildman–Crippen MR) is 118 cm³/mol. The van der Waals surface area contributed by atoms with Crippen molar-refractivity contribution in [3.63, 3.8) is 0 Å². The van der Waals surface area contributed by atoms with E-state index < -0.39 is 0 Å². The van der Waals surface area contributed by atoms with Crippen molar-refractivity contribution in [1.82, 2.24) is 4.90 Å². The van der Waals surface area contributed by atoms with Crippen molar-refractivity contribution in [3.8, 4) is 11.5 Å². The number of ether oxygens (including phenoxy) is 2. The van der Waals surface area contributed by atoms with Crippen LogP contribution >= 0.6 is 0 Å². The van der Waals surface area contributed by atoms with Gasteiger partial charge in [0, 0.05) is 18.3 Å². The zero-order valence-corrected chi connectivity index (χ0v) is 18.2. The maximum Gasteiger partial charge on any atom is 0.278 e.